The van der Waals surface area contributed by atoms with Gasteiger partial charge in [-0.15, -0.1) is 0 Å². The van der Waals surface area contributed by atoms with Crippen LogP contribution in [0.25, 0.3) is 16.8 Å². The zero-order chi connectivity index (χ0) is 22.1. The molecule has 0 spiro atoms. The molecule has 0 aliphatic carbocycles. The molecule has 2 heterocycles. The Balaban J connectivity index is 1.87. The summed E-state index contributed by atoms with van der Waals surface area (Å²) in [6, 6.07) is 16.5. The normalized spacial score (nSPS) is 18.7. The summed E-state index contributed by atoms with van der Waals surface area (Å²) in [6.07, 6.45) is 0.562. The molecule has 0 unspecified atom stereocenters. The molecule has 1 aliphatic heterocycles. The predicted octanol–water partition coefficient (Wildman–Crippen LogP) is 6.70. The van der Waals surface area contributed by atoms with E-state index in [0.717, 1.165) is 16.8 Å². The van der Waals surface area contributed by atoms with Crippen molar-refractivity contribution in [3.8, 4) is 16.8 Å². The highest BCUT2D eigenvalue weighted by Crippen LogP contribution is 2.52. The van der Waals surface area contributed by atoms with Crippen LogP contribution in [0, 0.1) is 5.41 Å². The smallest absolute Gasteiger partial charge is 0.0687 e. The Labute approximate surface area is 172 Å². The molecule has 0 amide bonds. The Kier molecular flexibility index (Phi) is 3.60. The van der Waals surface area contributed by atoms with E-state index in [9.17, 15) is 0 Å². The van der Waals surface area contributed by atoms with E-state index in [1.807, 2.05) is 51.2 Å². The third-order valence-corrected chi connectivity index (χ3v) is 6.44. The largest absolute Gasteiger partial charge is 0.236 e. The fraction of sp³-hybridized carbons (Fsp3) is 0.423. The Morgan fingerprint density at radius 3 is 2.21 bits per heavy atom. The lowest BCUT2D eigenvalue weighted by molar-refractivity contribution is 0.276. The molecule has 2 aromatic carbocycles. The van der Waals surface area contributed by atoms with E-state index >= 15 is 0 Å². The summed E-state index contributed by atoms with van der Waals surface area (Å²) in [4.78, 5) is 0. The van der Waals surface area contributed by atoms with Crippen molar-refractivity contribution in [1.29, 1.82) is 0 Å². The van der Waals surface area contributed by atoms with Crippen molar-refractivity contribution >= 4 is 0 Å². The van der Waals surface area contributed by atoms with Crippen LogP contribution >= 0.6 is 0 Å². The minimum atomic E-state index is -1.40. The van der Waals surface area contributed by atoms with Gasteiger partial charge in [0.1, 0.15) is 0 Å². The molecule has 0 saturated heterocycles. The maximum atomic E-state index is 8.56. The number of para-hydroxylation sites is 1. The van der Waals surface area contributed by atoms with Crippen LogP contribution in [-0.4, -0.2) is 9.78 Å². The predicted molar refractivity (Wildman–Crippen MR) is 118 cm³/mol. The highest BCUT2D eigenvalue weighted by atomic mass is 15.3. The van der Waals surface area contributed by atoms with E-state index in [2.05, 4.69) is 56.6 Å². The van der Waals surface area contributed by atoms with Crippen molar-refractivity contribution < 1.29 is 2.74 Å². The highest BCUT2D eigenvalue weighted by Gasteiger charge is 2.48. The van der Waals surface area contributed by atoms with E-state index in [1.54, 1.807) is 0 Å². The van der Waals surface area contributed by atoms with Crippen LogP contribution in [0.4, 0.5) is 0 Å². The Hall–Kier alpha value is -2.35. The van der Waals surface area contributed by atoms with Crippen molar-refractivity contribution in [3.63, 3.8) is 0 Å². The van der Waals surface area contributed by atoms with Crippen molar-refractivity contribution in [2.45, 2.75) is 65.7 Å². The van der Waals surface area contributed by atoms with E-state index < -0.39 is 11.8 Å². The molecule has 146 valence electrons. The van der Waals surface area contributed by atoms with Crippen LogP contribution in [0.2, 0.25) is 0 Å². The average molecular weight is 375 g/mol. The van der Waals surface area contributed by atoms with Crippen LogP contribution in [-0.2, 0) is 17.2 Å². The van der Waals surface area contributed by atoms with Gasteiger partial charge in [-0.05, 0) is 34.5 Å². The third-order valence-electron chi connectivity index (χ3n) is 6.44. The molecule has 0 radical (unpaired) electrons. The number of rotatable bonds is 2. The first kappa shape index (κ1) is 16.6. The van der Waals surface area contributed by atoms with Gasteiger partial charge in [0.2, 0.25) is 0 Å². The Bertz CT molecular complexity index is 1100. The van der Waals surface area contributed by atoms with Crippen LogP contribution in [0.15, 0.2) is 54.7 Å². The molecule has 28 heavy (non-hydrogen) atoms. The molecule has 0 fully saturated rings. The van der Waals surface area contributed by atoms with Gasteiger partial charge in [-0.3, -0.25) is 0 Å². The minimum Gasteiger partial charge on any atom is -0.236 e. The third kappa shape index (κ3) is 2.82. The van der Waals surface area contributed by atoms with Gasteiger partial charge in [0, 0.05) is 19.1 Å². The molecule has 0 bridgehead atoms. The lowest BCUT2D eigenvalue weighted by Crippen LogP contribution is -2.46. The first-order chi connectivity index (χ1) is 13.8. The summed E-state index contributed by atoms with van der Waals surface area (Å²) in [5, 5.41) is 4.79. The van der Waals surface area contributed by atoms with Crippen LogP contribution in [0.3, 0.4) is 0 Å². The van der Waals surface area contributed by atoms with Gasteiger partial charge in [0.15, 0.2) is 0 Å². The van der Waals surface area contributed by atoms with Crippen LogP contribution < -0.4 is 0 Å². The standard InChI is InChI=1S/C26H32N2/c1-24(2,3)16-18-12-14-19(15-13-18)20-17-27-28-22-11-9-8-10-21(22)25(4,5)26(6,7)23(20)28/h8-15,17H,16H2,1-7H3/i16D2. The average Bonchev–Trinajstić information content (AvgIpc) is 3.12. The van der Waals surface area contributed by atoms with Gasteiger partial charge in [-0.1, -0.05) is 90.9 Å². The van der Waals surface area contributed by atoms with Gasteiger partial charge in [-0.2, -0.15) is 5.10 Å². The molecule has 2 heteroatoms. The molecule has 0 N–H and O–H groups in total. The minimum absolute atomic E-state index is 0.0575. The highest BCUT2D eigenvalue weighted by molar-refractivity contribution is 5.70. The van der Waals surface area contributed by atoms with Crippen molar-refractivity contribution in [2.75, 3.05) is 0 Å². The van der Waals surface area contributed by atoms with Gasteiger partial charge >= 0.3 is 0 Å². The second-order valence-electron chi connectivity index (χ2n) is 10.0. The van der Waals surface area contributed by atoms with Crippen LogP contribution in [0.1, 0.15) is 68.0 Å². The van der Waals surface area contributed by atoms with Gasteiger partial charge in [0.25, 0.3) is 0 Å². The maximum Gasteiger partial charge on any atom is 0.0687 e. The number of hydrogen-bond donors (Lipinski definition) is 0. The van der Waals surface area contributed by atoms with Gasteiger partial charge in [0.05, 0.1) is 17.6 Å². The summed E-state index contributed by atoms with van der Waals surface area (Å²) >= 11 is 0. The zero-order valence-corrected chi connectivity index (χ0v) is 18.1. The number of hydrogen-bond acceptors (Lipinski definition) is 1. The SMILES string of the molecule is [2H]C([2H])(c1ccc(-c2cnn3c2C(C)(C)C(C)(C)c2ccccc2-3)cc1)C(C)(C)C. The molecule has 3 aromatic rings. The maximum absolute atomic E-state index is 8.56. The van der Waals surface area contributed by atoms with E-state index in [4.69, 9.17) is 7.84 Å². The number of fused-ring (bicyclic) bond motifs is 3. The fourth-order valence-corrected chi connectivity index (χ4v) is 4.33. The van der Waals surface area contributed by atoms with Crippen molar-refractivity contribution in [3.05, 3.63) is 71.5 Å². The van der Waals surface area contributed by atoms with Gasteiger partial charge in [-0.25, -0.2) is 4.68 Å². The van der Waals surface area contributed by atoms with E-state index in [-0.39, 0.29) is 10.8 Å². The monoisotopic (exact) mass is 374 g/mol. The van der Waals surface area contributed by atoms with E-state index in [1.165, 1.54) is 11.3 Å². The summed E-state index contributed by atoms with van der Waals surface area (Å²) < 4.78 is 19.2. The number of aromatic nitrogens is 2. The molecule has 1 aromatic heterocycles. The summed E-state index contributed by atoms with van der Waals surface area (Å²) in [6.45, 7) is 15.0. The molecule has 0 atom stereocenters. The molecule has 0 saturated carbocycles. The Morgan fingerprint density at radius 1 is 0.929 bits per heavy atom. The number of benzene rings is 2. The second kappa shape index (κ2) is 6.07. The first-order valence-electron chi connectivity index (χ1n) is 11.1. The molecule has 2 nitrogen and oxygen atoms in total. The molecule has 1 aliphatic rings. The summed E-state index contributed by atoms with van der Waals surface area (Å²) in [5.41, 5.74) is 5.90. The molecule has 4 rings (SSSR count). The summed E-state index contributed by atoms with van der Waals surface area (Å²) in [5.74, 6) is 0. The lowest BCUT2D eigenvalue weighted by atomic mass is 9.59. The van der Waals surface area contributed by atoms with Crippen molar-refractivity contribution in [2.24, 2.45) is 5.41 Å². The quantitative estimate of drug-likeness (QED) is 0.488. The lowest BCUT2D eigenvalue weighted by Gasteiger charge is -2.47. The number of nitrogens with zero attached hydrogens (tertiary/aromatic N) is 2. The second-order valence-corrected chi connectivity index (χ2v) is 10.0. The van der Waals surface area contributed by atoms with Crippen LogP contribution in [0.5, 0.6) is 0 Å². The van der Waals surface area contributed by atoms with Gasteiger partial charge < -0.3 is 0 Å². The topological polar surface area (TPSA) is 17.8 Å². The van der Waals surface area contributed by atoms with E-state index in [0.29, 0.717) is 5.56 Å². The molecular formula is C26H32N2. The zero-order valence-electron chi connectivity index (χ0n) is 20.1. The fourth-order valence-electron chi connectivity index (χ4n) is 4.33. The molecular weight excluding hydrogens is 340 g/mol. The van der Waals surface area contributed by atoms with Crippen molar-refractivity contribution in [1.82, 2.24) is 9.78 Å². The first-order valence-corrected chi connectivity index (χ1v) is 10.1. The Morgan fingerprint density at radius 2 is 1.57 bits per heavy atom. The summed E-state index contributed by atoms with van der Waals surface area (Å²) in [7, 11) is 0.